The highest BCUT2D eigenvalue weighted by atomic mass is 32.2. The number of likely N-dealkylation sites (N-methyl/N-ethyl adjacent to an activating group) is 1. The molecule has 1 unspecified atom stereocenters. The van der Waals surface area contributed by atoms with Gasteiger partial charge in [0.25, 0.3) is 0 Å². The molecule has 0 amide bonds. The van der Waals surface area contributed by atoms with E-state index in [1.54, 1.807) is 6.92 Å². The zero-order chi connectivity index (χ0) is 16.3. The van der Waals surface area contributed by atoms with Crippen molar-refractivity contribution in [2.45, 2.75) is 24.3 Å². The Morgan fingerprint density at radius 2 is 2.18 bits per heavy atom. The van der Waals surface area contributed by atoms with Gasteiger partial charge in [-0.15, -0.1) is 0 Å². The smallest absolute Gasteiger partial charge is 0.338 e. The molecule has 1 heterocycles. The molecule has 0 radical (unpaired) electrons. The van der Waals surface area contributed by atoms with E-state index in [0.29, 0.717) is 13.0 Å². The number of ether oxygens (including phenoxy) is 1. The maximum absolute atomic E-state index is 13.7. The monoisotopic (exact) mass is 330 g/mol. The Morgan fingerprint density at radius 3 is 2.77 bits per heavy atom. The minimum absolute atomic E-state index is 0.113. The summed E-state index contributed by atoms with van der Waals surface area (Å²) < 4.78 is 44.9. The predicted octanol–water partition coefficient (Wildman–Crippen LogP) is 0.985. The lowest BCUT2D eigenvalue weighted by Gasteiger charge is -2.23. The number of esters is 1. The molecule has 6 nitrogen and oxygen atoms in total. The van der Waals surface area contributed by atoms with Gasteiger partial charge in [-0.1, -0.05) is 0 Å². The molecule has 8 heteroatoms. The van der Waals surface area contributed by atoms with E-state index >= 15 is 0 Å². The standard InChI is InChI=1S/C14H19FN2O4S/c1-3-21-14(18)10-6-11(15)8-13(7-10)22(19,20)17(2)12-4-5-16-9-12/h6-8,12,16H,3-5,9H2,1-2H3. The number of nitrogens with one attached hydrogen (secondary N) is 1. The summed E-state index contributed by atoms with van der Waals surface area (Å²) in [5.74, 6) is -1.54. The minimum atomic E-state index is -3.87. The first-order valence-corrected chi connectivity index (χ1v) is 8.46. The van der Waals surface area contributed by atoms with Gasteiger partial charge in [0.2, 0.25) is 10.0 Å². The van der Waals surface area contributed by atoms with Crippen molar-refractivity contribution < 1.29 is 22.3 Å². The fraction of sp³-hybridized carbons (Fsp3) is 0.500. The molecule has 0 aliphatic carbocycles. The number of nitrogens with zero attached hydrogens (tertiary/aromatic N) is 1. The second-order valence-electron chi connectivity index (χ2n) is 5.06. The van der Waals surface area contributed by atoms with E-state index < -0.39 is 21.8 Å². The van der Waals surface area contributed by atoms with Crippen molar-refractivity contribution in [1.82, 2.24) is 9.62 Å². The van der Waals surface area contributed by atoms with Gasteiger partial charge in [0.15, 0.2) is 0 Å². The van der Waals surface area contributed by atoms with Crippen molar-refractivity contribution in [1.29, 1.82) is 0 Å². The van der Waals surface area contributed by atoms with Crippen LogP contribution in [0, 0.1) is 5.82 Å². The SMILES string of the molecule is CCOC(=O)c1cc(F)cc(S(=O)(=O)N(C)C2CCNC2)c1. The number of halogens is 1. The molecular formula is C14H19FN2O4S. The number of sulfonamides is 1. The van der Waals surface area contributed by atoms with Crippen LogP contribution in [0.25, 0.3) is 0 Å². The van der Waals surface area contributed by atoms with Crippen LogP contribution in [0.15, 0.2) is 23.1 Å². The number of hydrogen-bond acceptors (Lipinski definition) is 5. The summed E-state index contributed by atoms with van der Waals surface area (Å²) in [6, 6.07) is 2.85. The first-order valence-electron chi connectivity index (χ1n) is 7.02. The van der Waals surface area contributed by atoms with Crippen LogP contribution in [-0.4, -0.2) is 51.5 Å². The molecule has 1 aromatic carbocycles. The fourth-order valence-electron chi connectivity index (χ4n) is 2.36. The third-order valence-electron chi connectivity index (χ3n) is 3.61. The van der Waals surface area contributed by atoms with E-state index in [-0.39, 0.29) is 23.1 Å². The Morgan fingerprint density at radius 1 is 1.45 bits per heavy atom. The van der Waals surface area contributed by atoms with Crippen molar-refractivity contribution in [2.75, 3.05) is 26.7 Å². The van der Waals surface area contributed by atoms with Crippen molar-refractivity contribution in [3.05, 3.63) is 29.6 Å². The number of benzene rings is 1. The quantitative estimate of drug-likeness (QED) is 0.815. The van der Waals surface area contributed by atoms with Crippen LogP contribution >= 0.6 is 0 Å². The topological polar surface area (TPSA) is 75.7 Å². The molecule has 122 valence electrons. The second kappa shape index (κ2) is 6.72. The average Bonchev–Trinajstić information content (AvgIpc) is 3.00. The Balaban J connectivity index is 2.36. The predicted molar refractivity (Wildman–Crippen MR) is 78.6 cm³/mol. The average molecular weight is 330 g/mol. The normalized spacial score (nSPS) is 18.6. The van der Waals surface area contributed by atoms with Gasteiger partial charge in [-0.2, -0.15) is 4.31 Å². The summed E-state index contributed by atoms with van der Waals surface area (Å²) in [6.45, 7) is 3.04. The van der Waals surface area contributed by atoms with Crippen LogP contribution in [0.5, 0.6) is 0 Å². The number of carbonyl (C=O) groups excluding carboxylic acids is 1. The first-order chi connectivity index (χ1) is 10.4. The maximum Gasteiger partial charge on any atom is 0.338 e. The number of rotatable bonds is 5. The number of carbonyl (C=O) groups is 1. The van der Waals surface area contributed by atoms with Crippen molar-refractivity contribution in [3.8, 4) is 0 Å². The molecule has 0 bridgehead atoms. The van der Waals surface area contributed by atoms with Crippen LogP contribution in [0.2, 0.25) is 0 Å². The molecule has 1 N–H and O–H groups in total. The van der Waals surface area contributed by atoms with Crippen LogP contribution in [0.3, 0.4) is 0 Å². The van der Waals surface area contributed by atoms with Crippen LogP contribution in [-0.2, 0) is 14.8 Å². The molecule has 0 spiro atoms. The van der Waals surface area contributed by atoms with Crippen molar-refractivity contribution >= 4 is 16.0 Å². The summed E-state index contributed by atoms with van der Waals surface area (Å²) >= 11 is 0. The molecule has 2 rings (SSSR count). The fourth-order valence-corrected chi connectivity index (χ4v) is 3.80. The van der Waals surface area contributed by atoms with E-state index in [9.17, 15) is 17.6 Å². The van der Waals surface area contributed by atoms with E-state index in [2.05, 4.69) is 5.32 Å². The molecule has 1 aliphatic heterocycles. The van der Waals surface area contributed by atoms with Crippen LogP contribution in [0.4, 0.5) is 4.39 Å². The Hall–Kier alpha value is -1.51. The molecule has 0 aromatic heterocycles. The lowest BCUT2D eigenvalue weighted by atomic mass is 10.2. The van der Waals surface area contributed by atoms with Gasteiger partial charge < -0.3 is 10.1 Å². The molecule has 1 aromatic rings. The highest BCUT2D eigenvalue weighted by molar-refractivity contribution is 7.89. The lowest BCUT2D eigenvalue weighted by molar-refractivity contribution is 0.0525. The van der Waals surface area contributed by atoms with Crippen molar-refractivity contribution in [2.24, 2.45) is 0 Å². The maximum atomic E-state index is 13.7. The summed E-state index contributed by atoms with van der Waals surface area (Å²) in [4.78, 5) is 11.4. The largest absolute Gasteiger partial charge is 0.462 e. The molecule has 1 aliphatic rings. The Bertz CT molecular complexity index is 657. The first kappa shape index (κ1) is 16.9. The summed E-state index contributed by atoms with van der Waals surface area (Å²) in [6.07, 6.45) is 0.690. The molecule has 1 saturated heterocycles. The zero-order valence-electron chi connectivity index (χ0n) is 12.5. The molecular weight excluding hydrogens is 311 g/mol. The van der Waals surface area contributed by atoms with Crippen LogP contribution < -0.4 is 5.32 Å². The summed E-state index contributed by atoms with van der Waals surface area (Å²) in [5, 5.41) is 3.08. The Kier molecular flexibility index (Phi) is 5.15. The van der Waals surface area contributed by atoms with Gasteiger partial charge in [-0.25, -0.2) is 17.6 Å². The number of hydrogen-bond donors (Lipinski definition) is 1. The van der Waals surface area contributed by atoms with E-state index in [4.69, 9.17) is 4.74 Å². The minimum Gasteiger partial charge on any atom is -0.462 e. The van der Waals surface area contributed by atoms with Crippen molar-refractivity contribution in [3.63, 3.8) is 0 Å². The zero-order valence-corrected chi connectivity index (χ0v) is 13.3. The molecule has 1 atom stereocenters. The van der Waals surface area contributed by atoms with Gasteiger partial charge in [0, 0.05) is 19.6 Å². The van der Waals surface area contributed by atoms with Gasteiger partial charge in [0.1, 0.15) is 5.82 Å². The van der Waals surface area contributed by atoms with E-state index in [1.165, 1.54) is 11.4 Å². The Labute approximate surface area is 129 Å². The van der Waals surface area contributed by atoms with Gasteiger partial charge in [-0.05, 0) is 38.1 Å². The third-order valence-corrected chi connectivity index (χ3v) is 5.50. The molecule has 0 saturated carbocycles. The highest BCUT2D eigenvalue weighted by Crippen LogP contribution is 2.22. The summed E-state index contributed by atoms with van der Waals surface area (Å²) in [7, 11) is -2.41. The van der Waals surface area contributed by atoms with E-state index in [1.807, 2.05) is 0 Å². The highest BCUT2D eigenvalue weighted by Gasteiger charge is 2.31. The lowest BCUT2D eigenvalue weighted by Crippen LogP contribution is -2.38. The van der Waals surface area contributed by atoms with Gasteiger partial charge in [-0.3, -0.25) is 0 Å². The van der Waals surface area contributed by atoms with Gasteiger partial charge >= 0.3 is 5.97 Å². The molecule has 1 fully saturated rings. The summed E-state index contributed by atoms with van der Waals surface area (Å²) in [5.41, 5.74) is -0.113. The van der Waals surface area contributed by atoms with E-state index in [0.717, 1.165) is 24.7 Å². The second-order valence-corrected chi connectivity index (χ2v) is 7.06. The van der Waals surface area contributed by atoms with Gasteiger partial charge in [0.05, 0.1) is 17.1 Å². The third kappa shape index (κ3) is 3.45. The van der Waals surface area contributed by atoms with Crippen LogP contribution in [0.1, 0.15) is 23.7 Å². The molecule has 22 heavy (non-hydrogen) atoms.